The summed E-state index contributed by atoms with van der Waals surface area (Å²) in [6, 6.07) is 15.8. The number of piperidine rings is 1. The standard InChI is InChI=1S/C28H29N7O4/c36-25(19-6-7-19)33-14-12-28(39,13-15-33)17-34-18-29-24-23(26(34)37)16-30-35(24)22-10-8-21(9-11-22)32-27(38)31-20-4-2-1-3-5-20/h1-5,8-11,16,18-19,39H,6-7,12-15,17H2,(H2,31,32,38). The van der Waals surface area contributed by atoms with E-state index in [1.165, 1.54) is 17.1 Å². The van der Waals surface area contributed by atoms with Crippen molar-refractivity contribution in [2.45, 2.75) is 37.8 Å². The summed E-state index contributed by atoms with van der Waals surface area (Å²) in [6.07, 6.45) is 5.66. The highest BCUT2D eigenvalue weighted by atomic mass is 16.3. The SMILES string of the molecule is O=C(Nc1ccccc1)Nc1ccc(-n2ncc3c(=O)n(CC4(O)CCN(C(=O)C5CC5)CC4)cnc32)cc1. The zero-order valence-electron chi connectivity index (χ0n) is 21.3. The molecule has 2 aromatic carbocycles. The lowest BCUT2D eigenvalue weighted by Gasteiger charge is -2.38. The van der Waals surface area contributed by atoms with Crippen LogP contribution in [0.25, 0.3) is 16.7 Å². The predicted molar refractivity (Wildman–Crippen MR) is 146 cm³/mol. The van der Waals surface area contributed by atoms with Crippen molar-refractivity contribution in [2.75, 3.05) is 23.7 Å². The zero-order chi connectivity index (χ0) is 27.0. The highest BCUT2D eigenvalue weighted by Crippen LogP contribution is 2.33. The number of anilines is 2. The molecule has 0 radical (unpaired) electrons. The van der Waals surface area contributed by atoms with Crippen molar-refractivity contribution in [3.8, 4) is 5.69 Å². The Morgan fingerprint density at radius 3 is 2.31 bits per heavy atom. The van der Waals surface area contributed by atoms with Crippen LogP contribution in [-0.4, -0.2) is 60.0 Å². The highest BCUT2D eigenvalue weighted by molar-refractivity contribution is 5.99. The molecular formula is C28H29N7O4. The molecule has 6 rings (SSSR count). The Bertz CT molecular complexity index is 1570. The summed E-state index contributed by atoms with van der Waals surface area (Å²) in [6.45, 7) is 1.09. The molecule has 4 aromatic rings. The summed E-state index contributed by atoms with van der Waals surface area (Å²) in [7, 11) is 0. The lowest BCUT2D eigenvalue weighted by atomic mass is 9.91. The molecular weight excluding hydrogens is 498 g/mol. The maximum absolute atomic E-state index is 13.2. The van der Waals surface area contributed by atoms with Gasteiger partial charge in [0.1, 0.15) is 11.7 Å². The van der Waals surface area contributed by atoms with Crippen molar-refractivity contribution in [1.82, 2.24) is 24.2 Å². The van der Waals surface area contributed by atoms with Crippen LogP contribution in [0.3, 0.4) is 0 Å². The van der Waals surface area contributed by atoms with E-state index < -0.39 is 5.60 Å². The van der Waals surface area contributed by atoms with Crippen LogP contribution in [0, 0.1) is 5.92 Å². The average molecular weight is 528 g/mol. The van der Waals surface area contributed by atoms with Crippen molar-refractivity contribution in [1.29, 1.82) is 0 Å². The number of hydrogen-bond donors (Lipinski definition) is 3. The minimum absolute atomic E-state index is 0.108. The third-order valence-electron chi connectivity index (χ3n) is 7.35. The van der Waals surface area contributed by atoms with E-state index in [4.69, 9.17) is 0 Å². The van der Waals surface area contributed by atoms with E-state index in [1.807, 2.05) is 23.1 Å². The molecule has 3 N–H and O–H groups in total. The molecule has 2 fully saturated rings. The molecule has 3 heterocycles. The summed E-state index contributed by atoms with van der Waals surface area (Å²) in [5, 5.41) is 21.4. The van der Waals surface area contributed by atoms with Gasteiger partial charge in [0.25, 0.3) is 5.56 Å². The van der Waals surface area contributed by atoms with Crippen LogP contribution >= 0.6 is 0 Å². The third-order valence-corrected chi connectivity index (χ3v) is 7.35. The minimum Gasteiger partial charge on any atom is -0.388 e. The third kappa shape index (κ3) is 5.26. The molecule has 1 aliphatic carbocycles. The van der Waals surface area contributed by atoms with Crippen LogP contribution in [0.1, 0.15) is 25.7 Å². The van der Waals surface area contributed by atoms with Crippen LogP contribution in [0.5, 0.6) is 0 Å². The number of likely N-dealkylation sites (tertiary alicyclic amines) is 1. The first-order valence-electron chi connectivity index (χ1n) is 13.1. The number of aromatic nitrogens is 4. The summed E-state index contributed by atoms with van der Waals surface area (Å²) in [4.78, 5) is 44.1. The van der Waals surface area contributed by atoms with Gasteiger partial charge in [-0.05, 0) is 62.1 Å². The molecule has 1 saturated carbocycles. The van der Waals surface area contributed by atoms with Crippen molar-refractivity contribution < 1.29 is 14.7 Å². The number of para-hydroxylation sites is 1. The number of carbonyl (C=O) groups excluding carboxylic acids is 2. The first kappa shape index (κ1) is 24.8. The number of hydrogen-bond acceptors (Lipinski definition) is 6. The Balaban J connectivity index is 1.13. The van der Waals surface area contributed by atoms with Gasteiger partial charge in [0.05, 0.1) is 24.0 Å². The average Bonchev–Trinajstić information content (AvgIpc) is 3.70. The fourth-order valence-electron chi connectivity index (χ4n) is 4.96. The van der Waals surface area contributed by atoms with Crippen molar-refractivity contribution in [3.63, 3.8) is 0 Å². The maximum Gasteiger partial charge on any atom is 0.323 e. The van der Waals surface area contributed by atoms with Crippen LogP contribution in [0.15, 0.2) is 71.9 Å². The number of nitrogens with zero attached hydrogens (tertiary/aromatic N) is 5. The molecule has 1 saturated heterocycles. The van der Waals surface area contributed by atoms with E-state index in [0.717, 1.165) is 12.8 Å². The van der Waals surface area contributed by atoms with Crippen molar-refractivity contribution in [3.05, 3.63) is 77.5 Å². The molecule has 1 aliphatic heterocycles. The Kier molecular flexibility index (Phi) is 6.35. The van der Waals surface area contributed by atoms with Gasteiger partial charge < -0.3 is 20.6 Å². The molecule has 0 spiro atoms. The number of fused-ring (bicyclic) bond motifs is 1. The molecule has 2 aromatic heterocycles. The molecule has 11 nitrogen and oxygen atoms in total. The predicted octanol–water partition coefficient (Wildman–Crippen LogP) is 2.99. The Morgan fingerprint density at radius 1 is 0.974 bits per heavy atom. The highest BCUT2D eigenvalue weighted by Gasteiger charge is 2.39. The molecule has 0 bridgehead atoms. The van der Waals surface area contributed by atoms with Crippen LogP contribution in [0.4, 0.5) is 16.2 Å². The lowest BCUT2D eigenvalue weighted by molar-refractivity contribution is -0.137. The monoisotopic (exact) mass is 527 g/mol. The molecule has 3 amide bonds. The fraction of sp³-hybridized carbons (Fsp3) is 0.321. The molecule has 39 heavy (non-hydrogen) atoms. The summed E-state index contributed by atoms with van der Waals surface area (Å²) in [5.41, 5.74) is 0.993. The maximum atomic E-state index is 13.2. The Labute approximate surface area is 224 Å². The summed E-state index contributed by atoms with van der Waals surface area (Å²) in [5.74, 6) is 0.345. The number of amides is 3. The number of benzene rings is 2. The smallest absolute Gasteiger partial charge is 0.323 e. The van der Waals surface area contributed by atoms with Gasteiger partial charge in [-0.15, -0.1) is 0 Å². The van der Waals surface area contributed by atoms with Crippen LogP contribution in [0.2, 0.25) is 0 Å². The fourth-order valence-corrected chi connectivity index (χ4v) is 4.96. The first-order chi connectivity index (χ1) is 18.9. The number of carbonyl (C=O) groups is 2. The second-order valence-corrected chi connectivity index (χ2v) is 10.3. The molecule has 0 unspecified atom stereocenters. The Hall–Kier alpha value is -4.51. The topological polar surface area (TPSA) is 134 Å². The van der Waals surface area contributed by atoms with E-state index >= 15 is 0 Å². The van der Waals surface area contributed by atoms with E-state index in [-0.39, 0.29) is 30.0 Å². The number of nitrogens with one attached hydrogen (secondary N) is 2. The molecule has 200 valence electrons. The minimum atomic E-state index is -1.08. The first-order valence-corrected chi connectivity index (χ1v) is 13.1. The largest absolute Gasteiger partial charge is 0.388 e. The van der Waals surface area contributed by atoms with E-state index in [9.17, 15) is 19.5 Å². The van der Waals surface area contributed by atoms with Gasteiger partial charge in [0.2, 0.25) is 5.91 Å². The van der Waals surface area contributed by atoms with Gasteiger partial charge in [0, 0.05) is 30.4 Å². The van der Waals surface area contributed by atoms with E-state index in [2.05, 4.69) is 20.7 Å². The van der Waals surface area contributed by atoms with Crippen molar-refractivity contribution >= 4 is 34.3 Å². The van der Waals surface area contributed by atoms with E-state index in [1.54, 1.807) is 41.1 Å². The number of urea groups is 1. The molecule has 11 heteroatoms. The van der Waals surface area contributed by atoms with Crippen LogP contribution < -0.4 is 16.2 Å². The number of aliphatic hydroxyl groups is 1. The van der Waals surface area contributed by atoms with Gasteiger partial charge in [-0.2, -0.15) is 5.10 Å². The molecule has 2 aliphatic rings. The Morgan fingerprint density at radius 2 is 1.64 bits per heavy atom. The summed E-state index contributed by atoms with van der Waals surface area (Å²) >= 11 is 0. The van der Waals surface area contributed by atoms with Gasteiger partial charge >= 0.3 is 6.03 Å². The van der Waals surface area contributed by atoms with Gasteiger partial charge in [0.15, 0.2) is 5.65 Å². The number of rotatable bonds is 6. The lowest BCUT2D eigenvalue weighted by Crippen LogP contribution is -2.50. The second kappa shape index (κ2) is 9.99. The van der Waals surface area contributed by atoms with E-state index in [0.29, 0.717) is 54.0 Å². The molecule has 0 atom stereocenters. The second-order valence-electron chi connectivity index (χ2n) is 10.3. The van der Waals surface area contributed by atoms with Gasteiger partial charge in [-0.1, -0.05) is 18.2 Å². The van der Waals surface area contributed by atoms with Gasteiger partial charge in [-0.3, -0.25) is 14.2 Å². The zero-order valence-corrected chi connectivity index (χ0v) is 21.3. The van der Waals surface area contributed by atoms with Crippen molar-refractivity contribution in [2.24, 2.45) is 5.92 Å². The summed E-state index contributed by atoms with van der Waals surface area (Å²) < 4.78 is 2.98. The van der Waals surface area contributed by atoms with Gasteiger partial charge in [-0.25, -0.2) is 14.5 Å². The quantitative estimate of drug-likeness (QED) is 0.353. The van der Waals surface area contributed by atoms with Crippen LogP contribution in [-0.2, 0) is 11.3 Å². The normalized spacial score (nSPS) is 16.7.